The highest BCUT2D eigenvalue weighted by atomic mass is 19.1. The van der Waals surface area contributed by atoms with Gasteiger partial charge in [0.25, 0.3) is 5.91 Å². The van der Waals surface area contributed by atoms with Crippen LogP contribution in [0.25, 0.3) is 6.08 Å². The summed E-state index contributed by atoms with van der Waals surface area (Å²) in [5.74, 6) is 8.44. The molecule has 1 aromatic carbocycles. The van der Waals surface area contributed by atoms with Crippen LogP contribution in [-0.4, -0.2) is 42.6 Å². The molecule has 4 saturated carbocycles. The van der Waals surface area contributed by atoms with E-state index in [0.717, 1.165) is 37.9 Å². The summed E-state index contributed by atoms with van der Waals surface area (Å²) in [7, 11) is 1.50. The number of aliphatic imine (C=N–C) groups is 1. The normalized spacial score (nSPS) is 38.2. The standard InChI is InChI=1S/C36H45FN2O4.CH5N/c1-21(34(42)39-20-38)16-23-5-7-24(30(37)18-23)6-4-22-14-15-35(2)25(17-22)8-9-26-27-10-11-28-31(12-13-33(40)41)43-32(19-29(26)35)36(27,28)3;1-2/h5,7,16,18,20,22,25-29,31-32H,8-15,17,19H2,1-3H3,(H,40,41)(H2,38,39,42);2H2,1H3/b21-16+;/t22?,25?,26?,27?,28?,29?,31-,32+,35?,36?;/m1./s1. The molecule has 244 valence electrons. The molecule has 8 heteroatoms. The third-order valence-corrected chi connectivity index (χ3v) is 12.6. The molecule has 0 aromatic heterocycles. The number of carboxylic acids is 1. The molecule has 8 unspecified atom stereocenters. The van der Waals surface area contributed by atoms with Crippen LogP contribution < -0.4 is 11.5 Å². The minimum atomic E-state index is -0.726. The zero-order valence-electron chi connectivity index (χ0n) is 27.2. The first-order valence-electron chi connectivity index (χ1n) is 16.8. The van der Waals surface area contributed by atoms with Gasteiger partial charge in [-0.3, -0.25) is 9.59 Å². The fourth-order valence-corrected chi connectivity index (χ4v) is 10.4. The van der Waals surface area contributed by atoms with Crippen molar-refractivity contribution in [3.63, 3.8) is 0 Å². The predicted molar refractivity (Wildman–Crippen MR) is 174 cm³/mol. The van der Waals surface area contributed by atoms with E-state index in [9.17, 15) is 19.1 Å². The lowest BCUT2D eigenvalue weighted by Crippen LogP contribution is -2.56. The van der Waals surface area contributed by atoms with Crippen LogP contribution in [0.1, 0.15) is 96.1 Å². The zero-order valence-corrected chi connectivity index (χ0v) is 27.2. The van der Waals surface area contributed by atoms with Crippen molar-refractivity contribution in [2.24, 2.45) is 62.8 Å². The SMILES string of the molecule is C/C(=C\c1ccc(C#CC2CCC3(C)C(CCC4C3C[C@@H]3O[C@H](CCC(=O)O)C5CCC4C53C)C2)c(F)c1)C(=O)N=CN.CN. The van der Waals surface area contributed by atoms with Gasteiger partial charge in [0.1, 0.15) is 5.82 Å². The topological polar surface area (TPSA) is 128 Å². The average Bonchev–Trinajstić information content (AvgIpc) is 3.52. The maximum atomic E-state index is 14.9. The second-order valence-electron chi connectivity index (χ2n) is 14.4. The van der Waals surface area contributed by atoms with E-state index in [-0.39, 0.29) is 41.2 Å². The smallest absolute Gasteiger partial charge is 0.303 e. The monoisotopic (exact) mass is 619 g/mol. The molecule has 5 aliphatic rings. The summed E-state index contributed by atoms with van der Waals surface area (Å²) in [6.07, 6.45) is 13.0. The number of carboxylic acid groups (broad SMARTS) is 1. The molecule has 0 bridgehead atoms. The Morgan fingerprint density at radius 1 is 1.11 bits per heavy atom. The number of nitrogens with zero attached hydrogens (tertiary/aromatic N) is 1. The molecular formula is C37H50FN3O4. The minimum Gasteiger partial charge on any atom is -0.481 e. The predicted octanol–water partition coefficient (Wildman–Crippen LogP) is 6.19. The molecule has 1 aliphatic heterocycles. The van der Waals surface area contributed by atoms with Crippen LogP contribution in [0.15, 0.2) is 28.8 Å². The molecule has 1 saturated heterocycles. The molecule has 7 nitrogen and oxygen atoms in total. The number of rotatable bonds is 5. The maximum Gasteiger partial charge on any atom is 0.303 e. The van der Waals surface area contributed by atoms with Crippen molar-refractivity contribution in [3.05, 3.63) is 40.7 Å². The van der Waals surface area contributed by atoms with Gasteiger partial charge in [-0.25, -0.2) is 9.38 Å². The number of hydrogen-bond acceptors (Lipinski definition) is 4. The van der Waals surface area contributed by atoms with E-state index in [2.05, 4.69) is 36.4 Å². The Kier molecular flexibility index (Phi) is 9.91. The number of amides is 1. The Labute approximate surface area is 267 Å². The van der Waals surface area contributed by atoms with Crippen LogP contribution in [0.2, 0.25) is 0 Å². The van der Waals surface area contributed by atoms with Crippen molar-refractivity contribution in [2.45, 2.75) is 97.2 Å². The summed E-state index contributed by atoms with van der Waals surface area (Å²) in [6.45, 7) is 6.63. The maximum absolute atomic E-state index is 14.9. The Morgan fingerprint density at radius 2 is 1.87 bits per heavy atom. The first-order valence-corrected chi connectivity index (χ1v) is 16.8. The second-order valence-corrected chi connectivity index (χ2v) is 14.4. The zero-order chi connectivity index (χ0) is 32.5. The van der Waals surface area contributed by atoms with Crippen LogP contribution in [0, 0.1) is 64.0 Å². The third-order valence-electron chi connectivity index (χ3n) is 12.6. The lowest BCUT2D eigenvalue weighted by Gasteiger charge is -2.61. The quantitative estimate of drug-likeness (QED) is 0.156. The van der Waals surface area contributed by atoms with Crippen molar-refractivity contribution in [2.75, 3.05) is 7.05 Å². The van der Waals surface area contributed by atoms with Crippen LogP contribution in [0.3, 0.4) is 0 Å². The number of fused-ring (bicyclic) bond motifs is 4. The summed E-state index contributed by atoms with van der Waals surface area (Å²) in [4.78, 5) is 26.7. The molecule has 5 fully saturated rings. The third kappa shape index (κ3) is 6.11. The van der Waals surface area contributed by atoms with E-state index < -0.39 is 11.9 Å². The van der Waals surface area contributed by atoms with Crippen LogP contribution in [-0.2, 0) is 14.3 Å². The van der Waals surface area contributed by atoms with Crippen LogP contribution >= 0.6 is 0 Å². The van der Waals surface area contributed by atoms with E-state index in [1.165, 1.54) is 38.8 Å². The number of halogens is 1. The first kappa shape index (κ1) is 33.3. The van der Waals surface area contributed by atoms with Gasteiger partial charge >= 0.3 is 5.97 Å². The van der Waals surface area contributed by atoms with Gasteiger partial charge in [0.15, 0.2) is 0 Å². The van der Waals surface area contributed by atoms with Gasteiger partial charge in [0.2, 0.25) is 0 Å². The van der Waals surface area contributed by atoms with Gasteiger partial charge in [0, 0.05) is 23.3 Å². The summed E-state index contributed by atoms with van der Waals surface area (Å²) in [5.41, 5.74) is 11.5. The lowest BCUT2D eigenvalue weighted by molar-refractivity contribution is -0.150. The minimum absolute atomic E-state index is 0.0909. The number of nitrogens with two attached hydrogens (primary N) is 2. The molecule has 0 spiro atoms. The van der Waals surface area contributed by atoms with Crippen molar-refractivity contribution in [1.29, 1.82) is 0 Å². The molecule has 6 rings (SSSR count). The molecule has 10 atom stereocenters. The second kappa shape index (κ2) is 13.4. The molecule has 1 amide bonds. The summed E-state index contributed by atoms with van der Waals surface area (Å²) in [6, 6.07) is 4.88. The van der Waals surface area contributed by atoms with Gasteiger partial charge in [-0.1, -0.05) is 31.8 Å². The van der Waals surface area contributed by atoms with Crippen LogP contribution in [0.4, 0.5) is 4.39 Å². The van der Waals surface area contributed by atoms with Gasteiger partial charge in [-0.2, -0.15) is 0 Å². The van der Waals surface area contributed by atoms with Gasteiger partial charge in [-0.05, 0) is 131 Å². The number of carbonyl (C=O) groups excluding carboxylic acids is 1. The van der Waals surface area contributed by atoms with Crippen molar-refractivity contribution < 1.29 is 23.8 Å². The number of hydrogen-bond donors (Lipinski definition) is 3. The van der Waals surface area contributed by atoms with Crippen molar-refractivity contribution >= 4 is 24.3 Å². The highest BCUT2D eigenvalue weighted by Crippen LogP contribution is 2.71. The molecule has 1 heterocycles. The van der Waals surface area contributed by atoms with E-state index >= 15 is 0 Å². The number of aliphatic carboxylic acids is 1. The summed E-state index contributed by atoms with van der Waals surface area (Å²) in [5, 5.41) is 9.30. The highest BCUT2D eigenvalue weighted by Gasteiger charge is 2.67. The number of ether oxygens (including phenoxy) is 1. The van der Waals surface area contributed by atoms with Crippen molar-refractivity contribution in [3.8, 4) is 11.8 Å². The van der Waals surface area contributed by atoms with E-state index in [4.69, 9.17) is 10.5 Å². The highest BCUT2D eigenvalue weighted by molar-refractivity contribution is 6.00. The molecular weight excluding hydrogens is 569 g/mol. The van der Waals surface area contributed by atoms with E-state index in [0.29, 0.717) is 46.8 Å². The average molecular weight is 620 g/mol. The van der Waals surface area contributed by atoms with E-state index in [1.54, 1.807) is 25.1 Å². The molecule has 5 N–H and O–H groups in total. The van der Waals surface area contributed by atoms with Gasteiger partial charge in [-0.15, -0.1) is 0 Å². The Hall–Kier alpha value is -3.02. The largest absolute Gasteiger partial charge is 0.481 e. The van der Waals surface area contributed by atoms with Crippen LogP contribution in [0.5, 0.6) is 0 Å². The van der Waals surface area contributed by atoms with Gasteiger partial charge < -0.3 is 21.3 Å². The fraction of sp³-hybridized carbons (Fsp3) is 0.649. The molecule has 1 aromatic rings. The summed E-state index contributed by atoms with van der Waals surface area (Å²) < 4.78 is 21.7. The number of benzene rings is 1. The first-order chi connectivity index (χ1) is 21.5. The van der Waals surface area contributed by atoms with E-state index in [1.807, 2.05) is 0 Å². The lowest BCUT2D eigenvalue weighted by atomic mass is 9.44. The van der Waals surface area contributed by atoms with Gasteiger partial charge in [0.05, 0.1) is 24.1 Å². The Balaban J connectivity index is 0.00000196. The number of carbonyl (C=O) groups is 2. The molecule has 4 aliphatic carbocycles. The Morgan fingerprint density at radius 3 is 2.58 bits per heavy atom. The molecule has 0 radical (unpaired) electrons. The fourth-order valence-electron chi connectivity index (χ4n) is 10.4. The summed E-state index contributed by atoms with van der Waals surface area (Å²) >= 11 is 0. The Bertz CT molecular complexity index is 1410. The molecule has 45 heavy (non-hydrogen) atoms. The van der Waals surface area contributed by atoms with Crippen molar-refractivity contribution in [1.82, 2.24) is 0 Å².